The molecule has 24 heavy (non-hydrogen) atoms. The number of nitrogens with zero attached hydrogens (tertiary/aromatic N) is 2. The maximum absolute atomic E-state index is 12.4. The number of rotatable bonds is 8. The first-order valence-electron chi connectivity index (χ1n) is 7.27. The molecular formula is C15H16F3N3O2S. The average molecular weight is 359 g/mol. The highest BCUT2D eigenvalue weighted by molar-refractivity contribution is 7.15. The zero-order valence-corrected chi connectivity index (χ0v) is 13.5. The third-order valence-corrected chi connectivity index (χ3v) is 3.87. The van der Waals surface area contributed by atoms with E-state index in [1.165, 1.54) is 5.56 Å². The van der Waals surface area contributed by atoms with Gasteiger partial charge < -0.3 is 10.1 Å². The minimum atomic E-state index is -4.55. The molecule has 130 valence electrons. The molecule has 1 heterocycles. The van der Waals surface area contributed by atoms with Crippen molar-refractivity contribution < 1.29 is 22.7 Å². The van der Waals surface area contributed by atoms with Gasteiger partial charge in [-0.1, -0.05) is 41.7 Å². The summed E-state index contributed by atoms with van der Waals surface area (Å²) in [4.78, 5) is 11.6. The summed E-state index contributed by atoms with van der Waals surface area (Å²) in [6.07, 6.45) is -3.14. The Morgan fingerprint density at radius 3 is 2.58 bits per heavy atom. The average Bonchev–Trinajstić information content (AvgIpc) is 3.00. The molecule has 0 spiro atoms. The Labute approximate surface area is 140 Å². The topological polar surface area (TPSA) is 64.1 Å². The molecular weight excluding hydrogens is 343 g/mol. The van der Waals surface area contributed by atoms with Gasteiger partial charge in [-0.3, -0.25) is 4.79 Å². The van der Waals surface area contributed by atoms with Gasteiger partial charge in [0, 0.05) is 13.0 Å². The molecule has 0 saturated heterocycles. The predicted octanol–water partition coefficient (Wildman–Crippen LogP) is 3.53. The van der Waals surface area contributed by atoms with Crippen molar-refractivity contribution >= 4 is 22.4 Å². The van der Waals surface area contributed by atoms with E-state index in [1.54, 1.807) is 0 Å². The first kappa shape index (κ1) is 18.3. The van der Waals surface area contributed by atoms with E-state index in [9.17, 15) is 18.0 Å². The van der Waals surface area contributed by atoms with Gasteiger partial charge in [0.05, 0.1) is 6.61 Å². The van der Waals surface area contributed by atoms with Crippen molar-refractivity contribution in [3.63, 3.8) is 0 Å². The number of carbonyl (C=O) groups is 1. The first-order chi connectivity index (χ1) is 11.4. The Balaban J connectivity index is 1.59. The van der Waals surface area contributed by atoms with Crippen molar-refractivity contribution in [2.24, 2.45) is 0 Å². The molecule has 0 bridgehead atoms. The molecule has 0 saturated carbocycles. The number of nitrogens with one attached hydrogen (secondary N) is 1. The van der Waals surface area contributed by atoms with Gasteiger partial charge in [0.15, 0.2) is 0 Å². The zero-order chi connectivity index (χ0) is 17.4. The third-order valence-electron chi connectivity index (χ3n) is 2.98. The van der Waals surface area contributed by atoms with E-state index in [0.29, 0.717) is 31.0 Å². The van der Waals surface area contributed by atoms with Gasteiger partial charge in [0.1, 0.15) is 0 Å². The van der Waals surface area contributed by atoms with E-state index >= 15 is 0 Å². The van der Waals surface area contributed by atoms with Crippen LogP contribution in [0.2, 0.25) is 0 Å². The smallest absolute Gasteiger partial charge is 0.381 e. The van der Waals surface area contributed by atoms with Crippen LogP contribution in [0.3, 0.4) is 0 Å². The van der Waals surface area contributed by atoms with Crippen molar-refractivity contribution in [3.05, 3.63) is 40.9 Å². The number of carbonyl (C=O) groups excluding carboxylic acids is 1. The summed E-state index contributed by atoms with van der Waals surface area (Å²) in [7, 11) is 0. The highest BCUT2D eigenvalue weighted by atomic mass is 32.1. The van der Waals surface area contributed by atoms with Gasteiger partial charge in [-0.15, -0.1) is 10.2 Å². The molecule has 0 atom stereocenters. The maximum Gasteiger partial charge on any atom is 0.445 e. The minimum Gasteiger partial charge on any atom is -0.381 e. The highest BCUT2D eigenvalue weighted by Crippen LogP contribution is 2.32. The number of amides is 1. The molecule has 0 radical (unpaired) electrons. The second kappa shape index (κ2) is 8.74. The SMILES string of the molecule is O=C(CCCOCCc1ccccc1)Nc1nnc(C(F)(F)F)s1. The number of benzene rings is 1. The lowest BCUT2D eigenvalue weighted by atomic mass is 10.2. The fourth-order valence-electron chi connectivity index (χ4n) is 1.84. The third kappa shape index (κ3) is 6.25. The van der Waals surface area contributed by atoms with E-state index in [1.807, 2.05) is 30.3 Å². The Kier molecular flexibility index (Phi) is 6.68. The van der Waals surface area contributed by atoms with Crippen molar-refractivity contribution in [3.8, 4) is 0 Å². The molecule has 1 amide bonds. The van der Waals surface area contributed by atoms with Gasteiger partial charge in [0.25, 0.3) is 0 Å². The molecule has 5 nitrogen and oxygen atoms in total. The number of halogens is 3. The molecule has 1 aromatic carbocycles. The molecule has 0 aliphatic heterocycles. The van der Waals surface area contributed by atoms with Crippen LogP contribution in [0.25, 0.3) is 0 Å². The van der Waals surface area contributed by atoms with Crippen LogP contribution in [0, 0.1) is 0 Å². The van der Waals surface area contributed by atoms with Crippen LogP contribution in [-0.4, -0.2) is 29.3 Å². The molecule has 1 aromatic heterocycles. The Hall–Kier alpha value is -2.00. The van der Waals surface area contributed by atoms with Crippen LogP contribution in [0.4, 0.5) is 18.3 Å². The minimum absolute atomic E-state index is 0.145. The van der Waals surface area contributed by atoms with Crippen molar-refractivity contribution in [2.45, 2.75) is 25.4 Å². The number of alkyl halides is 3. The summed E-state index contributed by atoms with van der Waals surface area (Å²) in [5, 5.41) is 7.36. The van der Waals surface area contributed by atoms with E-state index in [4.69, 9.17) is 4.74 Å². The number of hydrogen-bond acceptors (Lipinski definition) is 5. The lowest BCUT2D eigenvalue weighted by Crippen LogP contribution is -2.12. The largest absolute Gasteiger partial charge is 0.445 e. The normalized spacial score (nSPS) is 11.5. The van der Waals surface area contributed by atoms with Crippen molar-refractivity contribution in [1.82, 2.24) is 10.2 Å². The molecule has 0 aliphatic carbocycles. The Morgan fingerprint density at radius 1 is 1.17 bits per heavy atom. The molecule has 0 unspecified atom stereocenters. The molecule has 1 N–H and O–H groups in total. The molecule has 0 aliphatic rings. The van der Waals surface area contributed by atoms with Gasteiger partial charge in [-0.05, 0) is 18.4 Å². The van der Waals surface area contributed by atoms with Gasteiger partial charge in [0.2, 0.25) is 16.0 Å². The van der Waals surface area contributed by atoms with Crippen LogP contribution in [0.15, 0.2) is 30.3 Å². The van der Waals surface area contributed by atoms with E-state index in [-0.39, 0.29) is 11.6 Å². The number of aromatic nitrogens is 2. The van der Waals surface area contributed by atoms with E-state index < -0.39 is 17.1 Å². The molecule has 2 rings (SSSR count). The standard InChI is InChI=1S/C15H16F3N3O2S/c16-15(17,18)13-20-21-14(24-13)19-12(22)7-4-9-23-10-8-11-5-2-1-3-6-11/h1-3,5-6H,4,7-10H2,(H,19,21,22). The highest BCUT2D eigenvalue weighted by Gasteiger charge is 2.35. The maximum atomic E-state index is 12.4. The number of anilines is 1. The summed E-state index contributed by atoms with van der Waals surface area (Å²) >= 11 is 0.303. The number of ether oxygens (including phenoxy) is 1. The van der Waals surface area contributed by atoms with Crippen LogP contribution in [0.1, 0.15) is 23.4 Å². The van der Waals surface area contributed by atoms with Crippen molar-refractivity contribution in [1.29, 1.82) is 0 Å². The van der Waals surface area contributed by atoms with Gasteiger partial charge in [-0.25, -0.2) is 0 Å². The van der Waals surface area contributed by atoms with Crippen LogP contribution in [0.5, 0.6) is 0 Å². The van der Waals surface area contributed by atoms with E-state index in [2.05, 4.69) is 15.5 Å². The van der Waals surface area contributed by atoms with E-state index in [0.717, 1.165) is 6.42 Å². The zero-order valence-electron chi connectivity index (χ0n) is 12.7. The summed E-state index contributed by atoms with van der Waals surface area (Å²) in [6, 6.07) is 9.87. The molecule has 9 heteroatoms. The Morgan fingerprint density at radius 2 is 1.92 bits per heavy atom. The van der Waals surface area contributed by atoms with Gasteiger partial charge >= 0.3 is 6.18 Å². The fourth-order valence-corrected chi connectivity index (χ4v) is 2.47. The summed E-state index contributed by atoms with van der Waals surface area (Å²) in [5.74, 6) is -0.411. The number of hydrogen-bond donors (Lipinski definition) is 1. The summed E-state index contributed by atoms with van der Waals surface area (Å²) in [5.41, 5.74) is 1.17. The lowest BCUT2D eigenvalue weighted by Gasteiger charge is -2.04. The first-order valence-corrected chi connectivity index (χ1v) is 8.09. The molecule has 2 aromatic rings. The summed E-state index contributed by atoms with van der Waals surface area (Å²) < 4.78 is 42.5. The van der Waals surface area contributed by atoms with Crippen molar-refractivity contribution in [2.75, 3.05) is 18.5 Å². The fraction of sp³-hybridized carbons (Fsp3) is 0.400. The quantitative estimate of drug-likeness (QED) is 0.733. The monoisotopic (exact) mass is 359 g/mol. The van der Waals surface area contributed by atoms with Crippen LogP contribution >= 0.6 is 11.3 Å². The lowest BCUT2D eigenvalue weighted by molar-refractivity contribution is -0.138. The second-order valence-electron chi connectivity index (χ2n) is 4.91. The van der Waals surface area contributed by atoms with Crippen LogP contribution < -0.4 is 5.32 Å². The van der Waals surface area contributed by atoms with Crippen LogP contribution in [-0.2, 0) is 22.1 Å². The Bertz CT molecular complexity index is 647. The summed E-state index contributed by atoms with van der Waals surface area (Å²) in [6.45, 7) is 0.959. The predicted molar refractivity (Wildman–Crippen MR) is 83.7 cm³/mol. The molecule has 0 fully saturated rings. The van der Waals surface area contributed by atoms with Gasteiger partial charge in [-0.2, -0.15) is 13.2 Å². The second-order valence-corrected chi connectivity index (χ2v) is 5.89.